The van der Waals surface area contributed by atoms with Crippen LogP contribution >= 0.6 is 0 Å². The number of carbonyl (C=O) groups is 3. The molecule has 22 heavy (non-hydrogen) atoms. The van der Waals surface area contributed by atoms with E-state index in [1.165, 1.54) is 0 Å². The molecule has 2 aliphatic rings. The van der Waals surface area contributed by atoms with E-state index in [4.69, 9.17) is 0 Å². The standard InChI is InChI=1S/C17H14N2O3/c1-9-5-6-12-15-10(9)3-2-4-11(15)17(22)19(12)13-7-8-14(20)18-16(13)21/h2-6,13H,7-8H2,1H3,(H,18,20,21)/t13-/m0/s1. The fraction of sp³-hybridized carbons (Fsp3) is 0.235. The first-order chi connectivity index (χ1) is 10.6. The first kappa shape index (κ1) is 13.0. The van der Waals surface area contributed by atoms with E-state index in [1.54, 1.807) is 11.0 Å². The molecule has 0 aliphatic carbocycles. The lowest BCUT2D eigenvalue weighted by Crippen LogP contribution is -2.53. The summed E-state index contributed by atoms with van der Waals surface area (Å²) in [6, 6.07) is 8.86. The normalized spacial score (nSPS) is 20.7. The molecule has 1 atom stereocenters. The van der Waals surface area contributed by atoms with Crippen molar-refractivity contribution in [2.75, 3.05) is 4.90 Å². The van der Waals surface area contributed by atoms with Crippen molar-refractivity contribution < 1.29 is 14.4 Å². The Balaban J connectivity index is 1.89. The summed E-state index contributed by atoms with van der Waals surface area (Å²) >= 11 is 0. The van der Waals surface area contributed by atoms with Gasteiger partial charge in [-0.1, -0.05) is 18.2 Å². The summed E-state index contributed by atoms with van der Waals surface area (Å²) in [6.45, 7) is 2.00. The van der Waals surface area contributed by atoms with Gasteiger partial charge in [0.25, 0.3) is 5.91 Å². The zero-order valence-corrected chi connectivity index (χ0v) is 12.1. The number of amides is 3. The lowest BCUT2D eigenvalue weighted by Gasteiger charge is -2.30. The highest BCUT2D eigenvalue weighted by Crippen LogP contribution is 2.40. The molecular weight excluding hydrogens is 280 g/mol. The highest BCUT2D eigenvalue weighted by Gasteiger charge is 2.40. The minimum atomic E-state index is -0.622. The minimum Gasteiger partial charge on any atom is -0.295 e. The second kappa shape index (κ2) is 4.40. The first-order valence-electron chi connectivity index (χ1n) is 7.27. The van der Waals surface area contributed by atoms with Crippen molar-refractivity contribution in [2.45, 2.75) is 25.8 Å². The zero-order chi connectivity index (χ0) is 15.4. The van der Waals surface area contributed by atoms with E-state index >= 15 is 0 Å². The molecule has 0 aromatic heterocycles. The SMILES string of the molecule is Cc1ccc2c3c(cccc13)C(=O)N2[C@H]1CCC(=O)NC1=O. The Morgan fingerprint density at radius 1 is 1.14 bits per heavy atom. The first-order valence-corrected chi connectivity index (χ1v) is 7.27. The molecule has 110 valence electrons. The molecular formula is C17H14N2O3. The van der Waals surface area contributed by atoms with Gasteiger partial charge in [0.15, 0.2) is 0 Å². The summed E-state index contributed by atoms with van der Waals surface area (Å²) in [4.78, 5) is 37.8. The Morgan fingerprint density at radius 2 is 1.95 bits per heavy atom. The Hall–Kier alpha value is -2.69. The third kappa shape index (κ3) is 1.62. The van der Waals surface area contributed by atoms with Gasteiger partial charge >= 0.3 is 0 Å². The summed E-state index contributed by atoms with van der Waals surface area (Å²) in [5, 5.41) is 4.25. The number of piperidine rings is 1. The molecule has 1 saturated heterocycles. The summed E-state index contributed by atoms with van der Waals surface area (Å²) in [7, 11) is 0. The molecule has 0 radical (unpaired) electrons. The van der Waals surface area contributed by atoms with Crippen LogP contribution in [-0.4, -0.2) is 23.8 Å². The van der Waals surface area contributed by atoms with Gasteiger partial charge in [-0.25, -0.2) is 0 Å². The number of hydrogen-bond acceptors (Lipinski definition) is 3. The van der Waals surface area contributed by atoms with Gasteiger partial charge < -0.3 is 0 Å². The van der Waals surface area contributed by atoms with Crippen LogP contribution in [0.25, 0.3) is 10.8 Å². The molecule has 4 rings (SSSR count). The number of carbonyl (C=O) groups excluding carboxylic acids is 3. The lowest BCUT2D eigenvalue weighted by atomic mass is 10.0. The molecule has 1 fully saturated rings. The Kier molecular flexibility index (Phi) is 2.60. The maximum Gasteiger partial charge on any atom is 0.259 e. The molecule has 0 saturated carbocycles. The molecule has 0 spiro atoms. The van der Waals surface area contributed by atoms with Crippen molar-refractivity contribution in [1.82, 2.24) is 5.32 Å². The van der Waals surface area contributed by atoms with Gasteiger partial charge in [0.2, 0.25) is 11.8 Å². The van der Waals surface area contributed by atoms with Crippen LogP contribution in [0.1, 0.15) is 28.8 Å². The van der Waals surface area contributed by atoms with Crippen molar-refractivity contribution in [3.05, 3.63) is 41.5 Å². The average Bonchev–Trinajstić information content (AvgIpc) is 2.78. The highest BCUT2D eigenvalue weighted by atomic mass is 16.2. The zero-order valence-electron chi connectivity index (χ0n) is 12.1. The molecule has 1 N–H and O–H groups in total. The molecule has 5 heteroatoms. The van der Waals surface area contributed by atoms with Crippen LogP contribution in [0.2, 0.25) is 0 Å². The van der Waals surface area contributed by atoms with E-state index in [1.807, 2.05) is 31.2 Å². The van der Waals surface area contributed by atoms with Gasteiger partial charge in [-0.3, -0.25) is 24.6 Å². The van der Waals surface area contributed by atoms with Crippen LogP contribution in [0.5, 0.6) is 0 Å². The third-order valence-corrected chi connectivity index (χ3v) is 4.47. The van der Waals surface area contributed by atoms with Gasteiger partial charge in [0, 0.05) is 17.4 Å². The van der Waals surface area contributed by atoms with E-state index in [0.717, 1.165) is 22.0 Å². The van der Waals surface area contributed by atoms with E-state index in [2.05, 4.69) is 5.32 Å². The van der Waals surface area contributed by atoms with Crippen molar-refractivity contribution >= 4 is 34.2 Å². The summed E-state index contributed by atoms with van der Waals surface area (Å²) in [5.41, 5.74) is 2.48. The number of nitrogens with one attached hydrogen (secondary N) is 1. The van der Waals surface area contributed by atoms with Gasteiger partial charge in [-0.15, -0.1) is 0 Å². The van der Waals surface area contributed by atoms with Crippen molar-refractivity contribution in [1.29, 1.82) is 0 Å². The summed E-state index contributed by atoms with van der Waals surface area (Å²) < 4.78 is 0. The number of anilines is 1. The van der Waals surface area contributed by atoms with Crippen LogP contribution in [0.15, 0.2) is 30.3 Å². The van der Waals surface area contributed by atoms with Crippen LogP contribution < -0.4 is 10.2 Å². The van der Waals surface area contributed by atoms with Gasteiger partial charge in [0.05, 0.1) is 5.69 Å². The number of rotatable bonds is 1. The molecule has 2 aromatic carbocycles. The smallest absolute Gasteiger partial charge is 0.259 e. The van der Waals surface area contributed by atoms with E-state index < -0.39 is 11.9 Å². The summed E-state index contributed by atoms with van der Waals surface area (Å²) in [5.74, 6) is -0.841. The number of nitrogens with zero attached hydrogens (tertiary/aromatic N) is 1. The van der Waals surface area contributed by atoms with Crippen LogP contribution in [0.4, 0.5) is 5.69 Å². The van der Waals surface area contributed by atoms with Gasteiger partial charge in [-0.2, -0.15) is 0 Å². The second-order valence-electron chi connectivity index (χ2n) is 5.77. The fourth-order valence-corrected chi connectivity index (χ4v) is 3.39. The molecule has 0 bridgehead atoms. The van der Waals surface area contributed by atoms with Crippen LogP contribution in [0.3, 0.4) is 0 Å². The topological polar surface area (TPSA) is 66.5 Å². The van der Waals surface area contributed by atoms with Crippen LogP contribution in [-0.2, 0) is 9.59 Å². The Bertz CT molecular complexity index is 856. The second-order valence-corrected chi connectivity index (χ2v) is 5.77. The monoisotopic (exact) mass is 294 g/mol. The molecule has 5 nitrogen and oxygen atoms in total. The molecule has 2 aromatic rings. The van der Waals surface area contributed by atoms with E-state index in [-0.39, 0.29) is 18.2 Å². The van der Waals surface area contributed by atoms with Gasteiger partial charge in [0.1, 0.15) is 6.04 Å². The van der Waals surface area contributed by atoms with E-state index in [0.29, 0.717) is 12.0 Å². The van der Waals surface area contributed by atoms with Crippen LogP contribution in [0, 0.1) is 6.92 Å². The predicted molar refractivity (Wildman–Crippen MR) is 81.7 cm³/mol. The Labute approximate surface area is 126 Å². The fourth-order valence-electron chi connectivity index (χ4n) is 3.39. The highest BCUT2D eigenvalue weighted by molar-refractivity contribution is 6.27. The minimum absolute atomic E-state index is 0.166. The van der Waals surface area contributed by atoms with Crippen molar-refractivity contribution in [3.63, 3.8) is 0 Å². The van der Waals surface area contributed by atoms with Crippen molar-refractivity contribution in [2.24, 2.45) is 0 Å². The number of imide groups is 1. The average molecular weight is 294 g/mol. The lowest BCUT2D eigenvalue weighted by molar-refractivity contribution is -0.134. The Morgan fingerprint density at radius 3 is 2.73 bits per heavy atom. The third-order valence-electron chi connectivity index (χ3n) is 4.47. The van der Waals surface area contributed by atoms with Gasteiger partial charge in [-0.05, 0) is 36.4 Å². The number of benzene rings is 2. The number of aryl methyl sites for hydroxylation is 1. The maximum absolute atomic E-state index is 12.8. The van der Waals surface area contributed by atoms with E-state index in [9.17, 15) is 14.4 Å². The summed E-state index contributed by atoms with van der Waals surface area (Å²) in [6.07, 6.45) is 0.616. The predicted octanol–water partition coefficient (Wildman–Crippen LogP) is 1.91. The molecule has 3 amide bonds. The number of hydrogen-bond donors (Lipinski definition) is 1. The van der Waals surface area contributed by atoms with Crippen molar-refractivity contribution in [3.8, 4) is 0 Å². The quantitative estimate of drug-likeness (QED) is 0.817. The maximum atomic E-state index is 12.8. The molecule has 2 aliphatic heterocycles. The molecule has 2 heterocycles. The molecule has 0 unspecified atom stereocenters. The largest absolute Gasteiger partial charge is 0.295 e.